The average Bonchev–Trinajstić information content (AvgIpc) is 2.73. The Labute approximate surface area is 114 Å². The van der Waals surface area contributed by atoms with Gasteiger partial charge in [0.1, 0.15) is 5.82 Å². The molecule has 5 heteroatoms. The molecule has 0 saturated heterocycles. The van der Waals surface area contributed by atoms with E-state index in [0.717, 1.165) is 16.8 Å². The molecule has 2 aromatic rings. The van der Waals surface area contributed by atoms with E-state index in [2.05, 4.69) is 26.3 Å². The van der Waals surface area contributed by atoms with Gasteiger partial charge in [-0.2, -0.15) is 5.10 Å². The molecule has 0 fully saturated rings. The number of anilines is 1. The molecule has 1 aromatic carbocycles. The molecule has 1 unspecified atom stereocenters. The molecular weight excluding hydrogens is 297 g/mol. The van der Waals surface area contributed by atoms with Gasteiger partial charge in [0, 0.05) is 24.5 Å². The fourth-order valence-electron chi connectivity index (χ4n) is 1.78. The molecule has 0 aliphatic heterocycles. The highest BCUT2D eigenvalue weighted by Gasteiger charge is 2.11. The summed E-state index contributed by atoms with van der Waals surface area (Å²) < 4.78 is 15.8. The quantitative estimate of drug-likeness (QED) is 0.934. The highest BCUT2D eigenvalue weighted by molar-refractivity contribution is 9.10. The normalized spacial score (nSPS) is 12.5. The first-order valence-electron chi connectivity index (χ1n) is 5.68. The number of aryl methyl sites for hydroxylation is 2. The molecule has 0 aliphatic rings. The summed E-state index contributed by atoms with van der Waals surface area (Å²) in [5, 5.41) is 7.42. The molecule has 0 saturated carbocycles. The SMILES string of the molecule is Cc1cc(Br)c(F)cc1NC(C)c1cnn(C)c1. The van der Waals surface area contributed by atoms with Crippen LogP contribution < -0.4 is 5.32 Å². The van der Waals surface area contributed by atoms with Crippen molar-refractivity contribution in [3.8, 4) is 0 Å². The maximum atomic E-state index is 13.5. The Hall–Kier alpha value is -1.36. The summed E-state index contributed by atoms with van der Waals surface area (Å²) in [6.45, 7) is 3.97. The van der Waals surface area contributed by atoms with E-state index < -0.39 is 0 Å². The zero-order chi connectivity index (χ0) is 13.3. The number of hydrogen-bond acceptors (Lipinski definition) is 2. The zero-order valence-electron chi connectivity index (χ0n) is 10.5. The Morgan fingerprint density at radius 3 is 2.78 bits per heavy atom. The number of nitrogens with one attached hydrogen (secondary N) is 1. The van der Waals surface area contributed by atoms with Gasteiger partial charge in [-0.3, -0.25) is 4.68 Å². The second-order valence-corrected chi connectivity index (χ2v) is 5.25. The first kappa shape index (κ1) is 13.1. The van der Waals surface area contributed by atoms with Gasteiger partial charge in [-0.15, -0.1) is 0 Å². The van der Waals surface area contributed by atoms with Crippen molar-refractivity contribution in [1.82, 2.24) is 9.78 Å². The Morgan fingerprint density at radius 2 is 2.17 bits per heavy atom. The summed E-state index contributed by atoms with van der Waals surface area (Å²) in [6.07, 6.45) is 3.75. The lowest BCUT2D eigenvalue weighted by Crippen LogP contribution is -2.07. The molecule has 1 heterocycles. The van der Waals surface area contributed by atoms with Crippen molar-refractivity contribution in [2.24, 2.45) is 7.05 Å². The van der Waals surface area contributed by atoms with Gasteiger partial charge in [0.15, 0.2) is 0 Å². The summed E-state index contributed by atoms with van der Waals surface area (Å²) in [6, 6.07) is 3.36. The lowest BCUT2D eigenvalue weighted by molar-refractivity contribution is 0.620. The molecule has 1 aromatic heterocycles. The topological polar surface area (TPSA) is 29.9 Å². The van der Waals surface area contributed by atoms with Gasteiger partial charge >= 0.3 is 0 Å². The standard InChI is InChI=1S/C13H15BrFN3/c1-8-4-11(14)12(15)5-13(8)17-9(2)10-6-16-18(3)7-10/h4-7,9,17H,1-3H3. The summed E-state index contributed by atoms with van der Waals surface area (Å²) >= 11 is 3.18. The third-order valence-electron chi connectivity index (χ3n) is 2.86. The van der Waals surface area contributed by atoms with Gasteiger partial charge in [0.2, 0.25) is 0 Å². The van der Waals surface area contributed by atoms with Crippen molar-refractivity contribution in [3.63, 3.8) is 0 Å². The predicted octanol–water partition coefficient (Wildman–Crippen LogP) is 3.80. The lowest BCUT2D eigenvalue weighted by Gasteiger charge is -2.16. The number of nitrogens with zero attached hydrogens (tertiary/aromatic N) is 2. The maximum absolute atomic E-state index is 13.5. The van der Waals surface area contributed by atoms with Crippen molar-refractivity contribution in [2.75, 3.05) is 5.32 Å². The van der Waals surface area contributed by atoms with Gasteiger partial charge in [0.05, 0.1) is 16.7 Å². The van der Waals surface area contributed by atoms with E-state index in [1.54, 1.807) is 10.7 Å². The van der Waals surface area contributed by atoms with Crippen LogP contribution in [0.25, 0.3) is 0 Å². The maximum Gasteiger partial charge on any atom is 0.139 e. The Kier molecular flexibility index (Phi) is 3.71. The Bertz CT molecular complexity index is 565. The fraction of sp³-hybridized carbons (Fsp3) is 0.308. The second kappa shape index (κ2) is 5.10. The first-order valence-corrected chi connectivity index (χ1v) is 6.47. The summed E-state index contributed by atoms with van der Waals surface area (Å²) in [5.41, 5.74) is 2.87. The molecule has 1 atom stereocenters. The minimum atomic E-state index is -0.263. The van der Waals surface area contributed by atoms with Crippen LogP contribution in [-0.4, -0.2) is 9.78 Å². The number of rotatable bonds is 3. The molecule has 96 valence electrons. The van der Waals surface area contributed by atoms with Crippen molar-refractivity contribution in [3.05, 3.63) is 45.9 Å². The summed E-state index contributed by atoms with van der Waals surface area (Å²) in [7, 11) is 1.88. The fourth-order valence-corrected chi connectivity index (χ4v) is 2.24. The third kappa shape index (κ3) is 2.72. The molecule has 2 rings (SSSR count). The number of halogens is 2. The van der Waals surface area contributed by atoms with Gasteiger partial charge in [-0.25, -0.2) is 4.39 Å². The van der Waals surface area contributed by atoms with E-state index in [9.17, 15) is 4.39 Å². The van der Waals surface area contributed by atoms with Crippen LogP contribution in [0.4, 0.5) is 10.1 Å². The molecule has 18 heavy (non-hydrogen) atoms. The van der Waals surface area contributed by atoms with Crippen LogP contribution in [0.2, 0.25) is 0 Å². The smallest absolute Gasteiger partial charge is 0.139 e. The summed E-state index contributed by atoms with van der Waals surface area (Å²) in [5.74, 6) is -0.263. The highest BCUT2D eigenvalue weighted by atomic mass is 79.9. The molecule has 0 amide bonds. The Morgan fingerprint density at radius 1 is 1.44 bits per heavy atom. The third-order valence-corrected chi connectivity index (χ3v) is 3.47. The van der Waals surface area contributed by atoms with E-state index in [1.807, 2.05) is 33.3 Å². The second-order valence-electron chi connectivity index (χ2n) is 4.39. The summed E-state index contributed by atoms with van der Waals surface area (Å²) in [4.78, 5) is 0. The average molecular weight is 312 g/mol. The van der Waals surface area contributed by atoms with E-state index in [0.29, 0.717) is 4.47 Å². The monoisotopic (exact) mass is 311 g/mol. The van der Waals surface area contributed by atoms with Crippen LogP contribution in [0.5, 0.6) is 0 Å². The van der Waals surface area contributed by atoms with Crippen LogP contribution in [0, 0.1) is 12.7 Å². The van der Waals surface area contributed by atoms with Crippen LogP contribution >= 0.6 is 15.9 Å². The molecular formula is C13H15BrFN3. The predicted molar refractivity (Wildman–Crippen MR) is 74.1 cm³/mol. The van der Waals surface area contributed by atoms with Crippen LogP contribution in [0.3, 0.4) is 0 Å². The van der Waals surface area contributed by atoms with E-state index >= 15 is 0 Å². The van der Waals surface area contributed by atoms with E-state index in [4.69, 9.17) is 0 Å². The van der Waals surface area contributed by atoms with E-state index in [-0.39, 0.29) is 11.9 Å². The Balaban J connectivity index is 2.21. The van der Waals surface area contributed by atoms with Crippen LogP contribution in [0.1, 0.15) is 24.1 Å². The van der Waals surface area contributed by atoms with Gasteiger partial charge in [-0.05, 0) is 47.5 Å². The van der Waals surface area contributed by atoms with Crippen molar-refractivity contribution >= 4 is 21.6 Å². The van der Waals surface area contributed by atoms with Crippen molar-refractivity contribution in [1.29, 1.82) is 0 Å². The van der Waals surface area contributed by atoms with Gasteiger partial charge < -0.3 is 5.32 Å². The molecule has 1 N–H and O–H groups in total. The minimum Gasteiger partial charge on any atom is -0.378 e. The molecule has 0 radical (unpaired) electrons. The van der Waals surface area contributed by atoms with Crippen LogP contribution in [-0.2, 0) is 7.05 Å². The largest absolute Gasteiger partial charge is 0.378 e. The van der Waals surface area contributed by atoms with Gasteiger partial charge in [-0.1, -0.05) is 0 Å². The number of benzene rings is 1. The number of hydrogen-bond donors (Lipinski definition) is 1. The lowest BCUT2D eigenvalue weighted by atomic mass is 10.1. The van der Waals surface area contributed by atoms with Crippen molar-refractivity contribution < 1.29 is 4.39 Å². The molecule has 0 spiro atoms. The van der Waals surface area contributed by atoms with Crippen molar-refractivity contribution in [2.45, 2.75) is 19.9 Å². The molecule has 0 aliphatic carbocycles. The first-order chi connectivity index (χ1) is 8.47. The van der Waals surface area contributed by atoms with E-state index in [1.165, 1.54) is 6.07 Å². The molecule has 3 nitrogen and oxygen atoms in total. The van der Waals surface area contributed by atoms with Gasteiger partial charge in [0.25, 0.3) is 0 Å². The highest BCUT2D eigenvalue weighted by Crippen LogP contribution is 2.27. The van der Waals surface area contributed by atoms with Crippen LogP contribution in [0.15, 0.2) is 29.0 Å². The zero-order valence-corrected chi connectivity index (χ0v) is 12.1. The minimum absolute atomic E-state index is 0.0815. The number of aromatic nitrogens is 2. The molecule has 0 bridgehead atoms.